The second kappa shape index (κ2) is 4.33. The highest BCUT2D eigenvalue weighted by Crippen LogP contribution is 2.36. The van der Waals surface area contributed by atoms with E-state index < -0.39 is 0 Å². The lowest BCUT2D eigenvalue weighted by Crippen LogP contribution is -2.51. The van der Waals surface area contributed by atoms with Gasteiger partial charge in [0, 0.05) is 10.9 Å². The molecule has 96 valence electrons. The lowest BCUT2D eigenvalue weighted by molar-refractivity contribution is -0.130. The number of anilines is 1. The first-order valence-corrected chi connectivity index (χ1v) is 6.78. The summed E-state index contributed by atoms with van der Waals surface area (Å²) in [6.07, 6.45) is 2.97. The van der Waals surface area contributed by atoms with Gasteiger partial charge in [0.15, 0.2) is 5.13 Å². The van der Waals surface area contributed by atoms with E-state index in [0.29, 0.717) is 0 Å². The van der Waals surface area contributed by atoms with Crippen molar-refractivity contribution >= 4 is 28.3 Å². The van der Waals surface area contributed by atoms with Gasteiger partial charge in [0.1, 0.15) is 13.1 Å². The van der Waals surface area contributed by atoms with Crippen molar-refractivity contribution in [3.8, 4) is 0 Å². The highest BCUT2D eigenvalue weighted by Gasteiger charge is 2.28. The predicted molar refractivity (Wildman–Crippen MR) is 67.3 cm³/mol. The largest absolute Gasteiger partial charge is 0.329 e. The minimum atomic E-state index is -0.274. The summed E-state index contributed by atoms with van der Waals surface area (Å²) in [7, 11) is 0. The summed E-state index contributed by atoms with van der Waals surface area (Å²) in [5.41, 5.74) is 7.08. The molecule has 1 aliphatic carbocycles. The Morgan fingerprint density at radius 2 is 2.06 bits per heavy atom. The summed E-state index contributed by atoms with van der Waals surface area (Å²) in [6.45, 7) is 0.376. The molecule has 2 heterocycles. The minimum absolute atomic E-state index is 0.0503. The van der Waals surface area contributed by atoms with Crippen LogP contribution >= 0.6 is 11.3 Å². The van der Waals surface area contributed by atoms with E-state index in [2.05, 4.69) is 10.3 Å². The van der Waals surface area contributed by atoms with Gasteiger partial charge < -0.3 is 10.6 Å². The molecule has 7 heteroatoms. The van der Waals surface area contributed by atoms with E-state index in [1.54, 1.807) is 4.90 Å². The van der Waals surface area contributed by atoms with Crippen LogP contribution in [0.15, 0.2) is 0 Å². The number of hydrogen-bond donors (Lipinski definition) is 2. The summed E-state index contributed by atoms with van der Waals surface area (Å²) >= 11 is 1.51. The van der Waals surface area contributed by atoms with Gasteiger partial charge in [-0.3, -0.25) is 14.9 Å². The van der Waals surface area contributed by atoms with Crippen LogP contribution < -0.4 is 16.0 Å². The predicted octanol–water partition coefficient (Wildman–Crippen LogP) is -0.0580. The Kier molecular flexibility index (Phi) is 2.79. The van der Waals surface area contributed by atoms with Crippen molar-refractivity contribution in [2.24, 2.45) is 5.73 Å². The van der Waals surface area contributed by atoms with Crippen LogP contribution in [0.4, 0.5) is 5.13 Å². The molecule has 2 amide bonds. The fraction of sp³-hybridized carbons (Fsp3) is 0.545. The summed E-state index contributed by atoms with van der Waals surface area (Å²) in [5, 5.41) is 3.02. The number of fused-ring (bicyclic) bond motifs is 1. The number of nitrogens with two attached hydrogens (primary N) is 1. The lowest BCUT2D eigenvalue weighted by Gasteiger charge is -2.24. The first-order chi connectivity index (χ1) is 8.63. The first kappa shape index (κ1) is 11.6. The fourth-order valence-electron chi connectivity index (χ4n) is 2.35. The average Bonchev–Trinajstić information content (AvgIpc) is 2.73. The molecule has 0 aromatic carbocycles. The zero-order chi connectivity index (χ0) is 12.7. The molecule has 1 fully saturated rings. The highest BCUT2D eigenvalue weighted by atomic mass is 32.1. The van der Waals surface area contributed by atoms with Crippen LogP contribution in [0.5, 0.6) is 0 Å². The van der Waals surface area contributed by atoms with Crippen LogP contribution in [0.2, 0.25) is 0 Å². The zero-order valence-corrected chi connectivity index (χ0v) is 10.6. The number of amides is 2. The van der Waals surface area contributed by atoms with Crippen molar-refractivity contribution in [1.29, 1.82) is 0 Å². The number of rotatable bonds is 1. The number of carbonyl (C=O) groups is 2. The summed E-state index contributed by atoms with van der Waals surface area (Å²) in [6, 6.07) is 0.0503. The van der Waals surface area contributed by atoms with E-state index in [0.717, 1.165) is 35.0 Å². The van der Waals surface area contributed by atoms with Crippen molar-refractivity contribution in [1.82, 2.24) is 10.3 Å². The van der Waals surface area contributed by atoms with Gasteiger partial charge in [-0.05, 0) is 19.3 Å². The number of carbonyl (C=O) groups excluding carboxylic acids is 2. The topological polar surface area (TPSA) is 88.3 Å². The Morgan fingerprint density at radius 1 is 1.33 bits per heavy atom. The molecule has 0 radical (unpaired) electrons. The Bertz CT molecular complexity index is 497. The van der Waals surface area contributed by atoms with E-state index in [1.165, 1.54) is 11.3 Å². The summed E-state index contributed by atoms with van der Waals surface area (Å²) < 4.78 is 0. The molecular weight excluding hydrogens is 252 g/mol. The van der Waals surface area contributed by atoms with Crippen LogP contribution in [0.1, 0.15) is 29.5 Å². The number of piperazine rings is 1. The van der Waals surface area contributed by atoms with Crippen LogP contribution in [0.25, 0.3) is 0 Å². The van der Waals surface area contributed by atoms with Gasteiger partial charge in [0.05, 0.1) is 5.69 Å². The smallest absolute Gasteiger partial charge is 0.246 e. The van der Waals surface area contributed by atoms with E-state index in [9.17, 15) is 9.59 Å². The lowest BCUT2D eigenvalue weighted by atomic mass is 9.99. The monoisotopic (exact) mass is 266 g/mol. The molecular formula is C11H14N4O2S. The van der Waals surface area contributed by atoms with Crippen molar-refractivity contribution in [2.45, 2.75) is 25.3 Å². The quantitative estimate of drug-likeness (QED) is 0.695. The number of thiazole rings is 1. The van der Waals surface area contributed by atoms with E-state index in [1.807, 2.05) is 0 Å². The molecule has 18 heavy (non-hydrogen) atoms. The maximum absolute atomic E-state index is 11.3. The zero-order valence-electron chi connectivity index (χ0n) is 9.81. The van der Waals surface area contributed by atoms with Crippen molar-refractivity contribution in [2.75, 3.05) is 18.0 Å². The van der Waals surface area contributed by atoms with Gasteiger partial charge in [-0.25, -0.2) is 4.98 Å². The maximum Gasteiger partial charge on any atom is 0.246 e. The van der Waals surface area contributed by atoms with Crippen molar-refractivity contribution in [3.63, 3.8) is 0 Å². The Labute approximate surface area is 108 Å². The molecule has 1 unspecified atom stereocenters. The normalized spacial score (nSPS) is 23.8. The summed E-state index contributed by atoms with van der Waals surface area (Å²) in [4.78, 5) is 30.0. The molecule has 1 aliphatic heterocycles. The molecule has 1 atom stereocenters. The average molecular weight is 266 g/mol. The van der Waals surface area contributed by atoms with Crippen LogP contribution in [-0.2, 0) is 16.0 Å². The van der Waals surface area contributed by atoms with Gasteiger partial charge in [-0.1, -0.05) is 11.3 Å². The van der Waals surface area contributed by atoms with Gasteiger partial charge in [0.2, 0.25) is 11.8 Å². The van der Waals surface area contributed by atoms with Gasteiger partial charge >= 0.3 is 0 Å². The Morgan fingerprint density at radius 3 is 2.72 bits per heavy atom. The Hall–Kier alpha value is -1.47. The third-order valence-corrected chi connectivity index (χ3v) is 4.49. The molecule has 1 aromatic rings. The van der Waals surface area contributed by atoms with Gasteiger partial charge in [0.25, 0.3) is 0 Å². The number of hydrogen-bond acceptors (Lipinski definition) is 6. The molecule has 1 saturated heterocycles. The number of nitrogens with zero attached hydrogens (tertiary/aromatic N) is 2. The standard InChI is InChI=1S/C11H14N4O2S/c12-6-2-1-3-7-10(6)18-11(13-7)15-4-8(16)14-9(17)5-15/h6H,1-5,12H2,(H,14,16,17). The third-order valence-electron chi connectivity index (χ3n) is 3.20. The molecule has 1 aromatic heterocycles. The third kappa shape index (κ3) is 1.99. The molecule has 0 bridgehead atoms. The minimum Gasteiger partial charge on any atom is -0.329 e. The van der Waals surface area contributed by atoms with Crippen LogP contribution in [0, 0.1) is 0 Å². The Balaban J connectivity index is 1.88. The number of aryl methyl sites for hydroxylation is 1. The summed E-state index contributed by atoms with van der Waals surface area (Å²) in [5.74, 6) is -0.549. The van der Waals surface area contributed by atoms with Gasteiger partial charge in [-0.15, -0.1) is 0 Å². The highest BCUT2D eigenvalue weighted by molar-refractivity contribution is 7.15. The molecule has 3 N–H and O–H groups in total. The molecule has 0 spiro atoms. The van der Waals surface area contributed by atoms with Crippen molar-refractivity contribution < 1.29 is 9.59 Å². The number of nitrogens with one attached hydrogen (secondary N) is 1. The second-order valence-electron chi connectivity index (χ2n) is 4.63. The first-order valence-electron chi connectivity index (χ1n) is 5.96. The maximum atomic E-state index is 11.3. The second-order valence-corrected chi connectivity index (χ2v) is 5.64. The van der Waals surface area contributed by atoms with Crippen LogP contribution in [0.3, 0.4) is 0 Å². The van der Waals surface area contributed by atoms with E-state index >= 15 is 0 Å². The van der Waals surface area contributed by atoms with Crippen molar-refractivity contribution in [3.05, 3.63) is 10.6 Å². The SMILES string of the molecule is NC1CCCc2nc(N3CC(=O)NC(=O)C3)sc21. The van der Waals surface area contributed by atoms with Gasteiger partial charge in [-0.2, -0.15) is 0 Å². The number of aromatic nitrogens is 1. The molecule has 6 nitrogen and oxygen atoms in total. The molecule has 2 aliphatic rings. The fourth-order valence-corrected chi connectivity index (χ4v) is 3.49. The molecule has 3 rings (SSSR count). The van der Waals surface area contributed by atoms with E-state index in [4.69, 9.17) is 5.73 Å². The van der Waals surface area contributed by atoms with E-state index in [-0.39, 0.29) is 30.9 Å². The number of imide groups is 1. The molecule has 0 saturated carbocycles. The van der Waals surface area contributed by atoms with Crippen LogP contribution in [-0.4, -0.2) is 29.9 Å².